The van der Waals surface area contributed by atoms with E-state index < -0.39 is 29.6 Å². The molecule has 2 aromatic rings. The molecule has 1 saturated heterocycles. The number of halogens is 2. The lowest BCUT2D eigenvalue weighted by Crippen LogP contribution is -2.46. The maximum absolute atomic E-state index is 14.4. The molecule has 1 aliphatic heterocycles. The molecule has 1 N–H and O–H groups in total. The third-order valence-electron chi connectivity index (χ3n) is 4.43. The van der Waals surface area contributed by atoms with Crippen molar-refractivity contribution >= 4 is 0 Å². The fourth-order valence-corrected chi connectivity index (χ4v) is 2.99. The van der Waals surface area contributed by atoms with Crippen molar-refractivity contribution in [2.45, 2.75) is 50.7 Å². The van der Waals surface area contributed by atoms with Gasteiger partial charge < -0.3 is 14.6 Å². The van der Waals surface area contributed by atoms with Gasteiger partial charge in [0.1, 0.15) is 29.9 Å². The zero-order valence-electron chi connectivity index (χ0n) is 13.9. The van der Waals surface area contributed by atoms with E-state index in [0.717, 1.165) is 25.0 Å². The standard InChI is InChI=1S/C17H21F2N3O3/c1-12(25-16-4-2-3-7-24-16)17(23,9-22-11-20-10-21-22)14-6-5-13(18)8-15(14)19/h5-6,8,10-12,16,23H,2-4,7,9H2,1H3/t12-,16?,17+/m1/s1. The van der Waals surface area contributed by atoms with Crippen LogP contribution in [0.1, 0.15) is 31.7 Å². The number of benzene rings is 1. The maximum atomic E-state index is 14.4. The largest absolute Gasteiger partial charge is 0.380 e. The number of rotatable bonds is 6. The van der Waals surface area contributed by atoms with Crippen LogP contribution >= 0.6 is 0 Å². The van der Waals surface area contributed by atoms with Crippen LogP contribution in [-0.2, 0) is 21.6 Å². The van der Waals surface area contributed by atoms with E-state index in [0.29, 0.717) is 13.0 Å². The number of hydrogen-bond acceptors (Lipinski definition) is 5. The Kier molecular flexibility index (Phi) is 5.41. The predicted octanol–water partition coefficient (Wildman–Crippen LogP) is 2.38. The van der Waals surface area contributed by atoms with E-state index in [4.69, 9.17) is 9.47 Å². The van der Waals surface area contributed by atoms with E-state index in [1.807, 2.05) is 0 Å². The van der Waals surface area contributed by atoms with Crippen molar-refractivity contribution in [3.63, 3.8) is 0 Å². The number of aromatic nitrogens is 3. The molecule has 0 bridgehead atoms. The van der Waals surface area contributed by atoms with Crippen LogP contribution in [0.4, 0.5) is 8.78 Å². The van der Waals surface area contributed by atoms with Gasteiger partial charge in [0.05, 0.1) is 12.6 Å². The Morgan fingerprint density at radius 1 is 1.44 bits per heavy atom. The van der Waals surface area contributed by atoms with Crippen LogP contribution in [-0.4, -0.2) is 38.9 Å². The van der Waals surface area contributed by atoms with Gasteiger partial charge in [-0.25, -0.2) is 18.4 Å². The molecule has 0 saturated carbocycles. The smallest absolute Gasteiger partial charge is 0.158 e. The second-order valence-corrected chi connectivity index (χ2v) is 6.22. The summed E-state index contributed by atoms with van der Waals surface area (Å²) in [5.41, 5.74) is -1.83. The predicted molar refractivity (Wildman–Crippen MR) is 84.4 cm³/mol. The SMILES string of the molecule is C[C@@H](OC1CCCCO1)[C@@](O)(Cn1cncn1)c1ccc(F)cc1F. The third-order valence-corrected chi connectivity index (χ3v) is 4.43. The average molecular weight is 353 g/mol. The zero-order valence-corrected chi connectivity index (χ0v) is 13.9. The highest BCUT2D eigenvalue weighted by molar-refractivity contribution is 5.26. The first-order chi connectivity index (χ1) is 12.0. The Hall–Kier alpha value is -1.90. The molecule has 3 atom stereocenters. The summed E-state index contributed by atoms with van der Waals surface area (Å²) in [6, 6.07) is 3.07. The summed E-state index contributed by atoms with van der Waals surface area (Å²) in [6.07, 6.45) is 4.08. The molecule has 0 amide bonds. The Labute approximate surface area is 144 Å². The zero-order chi connectivity index (χ0) is 17.9. The Morgan fingerprint density at radius 3 is 2.92 bits per heavy atom. The molecule has 1 aliphatic rings. The van der Waals surface area contributed by atoms with Gasteiger partial charge in [0, 0.05) is 18.2 Å². The van der Waals surface area contributed by atoms with Gasteiger partial charge in [-0.05, 0) is 32.3 Å². The van der Waals surface area contributed by atoms with E-state index in [1.165, 1.54) is 23.4 Å². The van der Waals surface area contributed by atoms with Crippen LogP contribution in [0.25, 0.3) is 0 Å². The van der Waals surface area contributed by atoms with Crippen molar-refractivity contribution in [2.75, 3.05) is 6.61 Å². The molecule has 1 aromatic carbocycles. The number of hydrogen-bond donors (Lipinski definition) is 1. The molecule has 0 radical (unpaired) electrons. The summed E-state index contributed by atoms with van der Waals surface area (Å²) in [5.74, 6) is -1.56. The van der Waals surface area contributed by atoms with Gasteiger partial charge in [0.25, 0.3) is 0 Å². The molecular weight excluding hydrogens is 332 g/mol. The molecule has 25 heavy (non-hydrogen) atoms. The molecule has 1 unspecified atom stereocenters. The minimum absolute atomic E-state index is 0.0623. The lowest BCUT2D eigenvalue weighted by molar-refractivity contribution is -0.229. The Morgan fingerprint density at radius 2 is 2.28 bits per heavy atom. The summed E-state index contributed by atoms with van der Waals surface area (Å²) >= 11 is 0. The fourth-order valence-electron chi connectivity index (χ4n) is 2.99. The lowest BCUT2D eigenvalue weighted by Gasteiger charge is -2.37. The first-order valence-corrected chi connectivity index (χ1v) is 8.26. The summed E-state index contributed by atoms with van der Waals surface area (Å²) in [6.45, 7) is 2.13. The summed E-state index contributed by atoms with van der Waals surface area (Å²) in [7, 11) is 0. The minimum atomic E-state index is -1.77. The van der Waals surface area contributed by atoms with Crippen LogP contribution < -0.4 is 0 Å². The van der Waals surface area contributed by atoms with E-state index in [9.17, 15) is 13.9 Å². The second kappa shape index (κ2) is 7.55. The van der Waals surface area contributed by atoms with Crippen LogP contribution in [0.5, 0.6) is 0 Å². The van der Waals surface area contributed by atoms with E-state index in [1.54, 1.807) is 6.92 Å². The molecular formula is C17H21F2N3O3. The van der Waals surface area contributed by atoms with Gasteiger partial charge in [-0.3, -0.25) is 0 Å². The normalized spacial score (nSPS) is 21.7. The Bertz CT molecular complexity index is 692. The monoisotopic (exact) mass is 353 g/mol. The topological polar surface area (TPSA) is 69.4 Å². The van der Waals surface area contributed by atoms with E-state index in [-0.39, 0.29) is 12.1 Å². The van der Waals surface area contributed by atoms with Crippen LogP contribution in [0.2, 0.25) is 0 Å². The quantitative estimate of drug-likeness (QED) is 0.863. The van der Waals surface area contributed by atoms with Gasteiger partial charge in [-0.1, -0.05) is 6.07 Å². The second-order valence-electron chi connectivity index (χ2n) is 6.22. The van der Waals surface area contributed by atoms with E-state index in [2.05, 4.69) is 10.1 Å². The van der Waals surface area contributed by atoms with Crippen LogP contribution in [0, 0.1) is 11.6 Å². The molecule has 0 spiro atoms. The van der Waals surface area contributed by atoms with Crippen LogP contribution in [0.3, 0.4) is 0 Å². The third kappa shape index (κ3) is 4.02. The van der Waals surface area contributed by atoms with Crippen molar-refractivity contribution in [1.29, 1.82) is 0 Å². The summed E-state index contributed by atoms with van der Waals surface area (Å²) in [5, 5.41) is 15.3. The van der Waals surface area contributed by atoms with Gasteiger partial charge in [-0.15, -0.1) is 0 Å². The van der Waals surface area contributed by atoms with Gasteiger partial charge in [0.2, 0.25) is 0 Å². The molecule has 136 valence electrons. The highest BCUT2D eigenvalue weighted by atomic mass is 19.1. The summed E-state index contributed by atoms with van der Waals surface area (Å²) in [4.78, 5) is 3.83. The first-order valence-electron chi connectivity index (χ1n) is 8.26. The molecule has 1 fully saturated rings. The molecule has 8 heteroatoms. The van der Waals surface area contributed by atoms with Crippen molar-refractivity contribution in [3.8, 4) is 0 Å². The van der Waals surface area contributed by atoms with Crippen molar-refractivity contribution in [3.05, 3.63) is 48.1 Å². The first kappa shape index (κ1) is 17.9. The fraction of sp³-hybridized carbons (Fsp3) is 0.529. The number of aliphatic hydroxyl groups is 1. The number of ether oxygens (including phenoxy) is 2. The van der Waals surface area contributed by atoms with Crippen molar-refractivity contribution in [2.24, 2.45) is 0 Å². The van der Waals surface area contributed by atoms with Gasteiger partial charge >= 0.3 is 0 Å². The van der Waals surface area contributed by atoms with Gasteiger partial charge in [-0.2, -0.15) is 5.10 Å². The van der Waals surface area contributed by atoms with Crippen molar-refractivity contribution in [1.82, 2.24) is 14.8 Å². The summed E-state index contributed by atoms with van der Waals surface area (Å²) < 4.78 is 40.4. The average Bonchev–Trinajstić information content (AvgIpc) is 3.08. The molecule has 3 rings (SSSR count). The molecule has 1 aromatic heterocycles. The Balaban J connectivity index is 1.89. The van der Waals surface area contributed by atoms with Crippen LogP contribution in [0.15, 0.2) is 30.9 Å². The molecule has 0 aliphatic carbocycles. The minimum Gasteiger partial charge on any atom is -0.380 e. The highest BCUT2D eigenvalue weighted by Crippen LogP contribution is 2.33. The number of nitrogens with zero attached hydrogens (tertiary/aromatic N) is 3. The van der Waals surface area contributed by atoms with E-state index >= 15 is 0 Å². The van der Waals surface area contributed by atoms with Crippen molar-refractivity contribution < 1.29 is 23.4 Å². The lowest BCUT2D eigenvalue weighted by atomic mass is 9.88. The maximum Gasteiger partial charge on any atom is 0.158 e. The molecule has 6 nitrogen and oxygen atoms in total. The highest BCUT2D eigenvalue weighted by Gasteiger charge is 2.41. The van der Waals surface area contributed by atoms with Gasteiger partial charge in [0.15, 0.2) is 6.29 Å². The molecule has 2 heterocycles.